The summed E-state index contributed by atoms with van der Waals surface area (Å²) in [4.78, 5) is 4.98. The molecule has 0 radical (unpaired) electrons. The molecular formula is C9H9N5S. The van der Waals surface area contributed by atoms with Crippen molar-refractivity contribution in [3.05, 3.63) is 24.7 Å². The van der Waals surface area contributed by atoms with Crippen molar-refractivity contribution in [3.8, 4) is 10.6 Å². The fourth-order valence-electron chi connectivity index (χ4n) is 1.46. The maximum absolute atomic E-state index is 5.56. The fourth-order valence-corrected chi connectivity index (χ4v) is 2.34. The van der Waals surface area contributed by atoms with Gasteiger partial charge in [-0.05, 0) is 6.07 Å². The second-order valence-electron chi connectivity index (χ2n) is 3.37. The van der Waals surface area contributed by atoms with Crippen molar-refractivity contribution >= 4 is 22.1 Å². The molecule has 0 aliphatic rings. The van der Waals surface area contributed by atoms with Crippen LogP contribution in [0, 0.1) is 0 Å². The lowest BCUT2D eigenvalue weighted by molar-refractivity contribution is 0.927. The van der Waals surface area contributed by atoms with Crippen molar-refractivity contribution in [1.29, 1.82) is 0 Å². The number of hydrogen-bond acceptors (Lipinski definition) is 4. The average Bonchev–Trinajstić information content (AvgIpc) is 2.78. The van der Waals surface area contributed by atoms with Gasteiger partial charge in [0.15, 0.2) is 0 Å². The van der Waals surface area contributed by atoms with Crippen LogP contribution in [0.15, 0.2) is 24.7 Å². The highest BCUT2D eigenvalue weighted by Gasteiger charge is 2.08. The van der Waals surface area contributed by atoms with Crippen LogP contribution in [0.25, 0.3) is 15.5 Å². The first-order valence-corrected chi connectivity index (χ1v) is 5.28. The monoisotopic (exact) mass is 219 g/mol. The molecule has 0 bridgehead atoms. The van der Waals surface area contributed by atoms with Gasteiger partial charge in [-0.2, -0.15) is 5.10 Å². The molecule has 0 aromatic carbocycles. The van der Waals surface area contributed by atoms with Crippen LogP contribution in [0.1, 0.15) is 0 Å². The lowest BCUT2D eigenvalue weighted by Crippen LogP contribution is -1.84. The second kappa shape index (κ2) is 2.83. The van der Waals surface area contributed by atoms with Crippen LogP contribution in [-0.2, 0) is 7.05 Å². The van der Waals surface area contributed by atoms with Crippen molar-refractivity contribution in [2.45, 2.75) is 0 Å². The second-order valence-corrected chi connectivity index (χ2v) is 4.32. The van der Waals surface area contributed by atoms with Crippen molar-refractivity contribution < 1.29 is 0 Å². The van der Waals surface area contributed by atoms with E-state index in [1.165, 1.54) is 11.3 Å². The van der Waals surface area contributed by atoms with Crippen molar-refractivity contribution in [3.63, 3.8) is 0 Å². The molecule has 3 heterocycles. The van der Waals surface area contributed by atoms with Crippen molar-refractivity contribution in [2.24, 2.45) is 7.05 Å². The van der Waals surface area contributed by atoms with Gasteiger partial charge in [-0.1, -0.05) is 11.3 Å². The minimum Gasteiger partial charge on any atom is -0.382 e. The number of anilines is 1. The van der Waals surface area contributed by atoms with Crippen molar-refractivity contribution in [2.75, 3.05) is 5.73 Å². The van der Waals surface area contributed by atoms with Gasteiger partial charge in [-0.15, -0.1) is 0 Å². The summed E-state index contributed by atoms with van der Waals surface area (Å²) in [6.07, 6.45) is 5.74. The van der Waals surface area contributed by atoms with Crippen LogP contribution in [-0.4, -0.2) is 19.2 Å². The molecule has 15 heavy (non-hydrogen) atoms. The van der Waals surface area contributed by atoms with Crippen LogP contribution in [0.5, 0.6) is 0 Å². The third-order valence-corrected chi connectivity index (χ3v) is 3.11. The molecule has 0 amide bonds. The number of hydrogen-bond donors (Lipinski definition) is 1. The van der Waals surface area contributed by atoms with E-state index in [1.807, 2.05) is 30.1 Å². The predicted octanol–water partition coefficient (Wildman–Crippen LogP) is 1.38. The van der Waals surface area contributed by atoms with Crippen LogP contribution in [0.4, 0.5) is 5.82 Å². The van der Waals surface area contributed by atoms with E-state index in [4.69, 9.17) is 5.73 Å². The first kappa shape index (κ1) is 8.49. The van der Waals surface area contributed by atoms with Gasteiger partial charge in [-0.3, -0.25) is 0 Å². The highest BCUT2D eigenvalue weighted by atomic mass is 32.1. The summed E-state index contributed by atoms with van der Waals surface area (Å²) < 4.78 is 3.70. The molecule has 3 aromatic heterocycles. The highest BCUT2D eigenvalue weighted by Crippen LogP contribution is 2.25. The van der Waals surface area contributed by atoms with Gasteiger partial charge < -0.3 is 10.3 Å². The molecule has 0 aliphatic carbocycles. The molecule has 3 rings (SSSR count). The zero-order chi connectivity index (χ0) is 10.4. The molecule has 0 fully saturated rings. The first-order valence-electron chi connectivity index (χ1n) is 4.46. The number of rotatable bonds is 1. The number of aromatic nitrogens is 4. The average molecular weight is 219 g/mol. The van der Waals surface area contributed by atoms with Gasteiger partial charge in [0.25, 0.3) is 0 Å². The van der Waals surface area contributed by atoms with Crippen molar-refractivity contribution in [1.82, 2.24) is 19.2 Å². The topological polar surface area (TPSA) is 61.1 Å². The van der Waals surface area contributed by atoms with E-state index >= 15 is 0 Å². The van der Waals surface area contributed by atoms with Gasteiger partial charge in [0.2, 0.25) is 4.96 Å². The largest absolute Gasteiger partial charge is 0.382 e. The first-order chi connectivity index (χ1) is 7.22. The molecule has 0 saturated carbocycles. The van der Waals surface area contributed by atoms with Gasteiger partial charge in [0, 0.05) is 25.0 Å². The molecule has 2 N–H and O–H groups in total. The summed E-state index contributed by atoms with van der Waals surface area (Å²) in [6, 6.07) is 2.03. The summed E-state index contributed by atoms with van der Waals surface area (Å²) >= 11 is 1.53. The Bertz CT molecular complexity index is 586. The quantitative estimate of drug-likeness (QED) is 0.672. The summed E-state index contributed by atoms with van der Waals surface area (Å²) in [7, 11) is 1.99. The molecule has 0 unspecified atom stereocenters. The Morgan fingerprint density at radius 3 is 2.93 bits per heavy atom. The molecule has 6 heteroatoms. The minimum atomic E-state index is 0.508. The van der Waals surface area contributed by atoms with E-state index in [1.54, 1.807) is 10.7 Å². The summed E-state index contributed by atoms with van der Waals surface area (Å²) in [5.74, 6) is 0.508. The SMILES string of the molecule is Cn1ccc(-c2nn3cc(N)nc3s2)c1. The molecular weight excluding hydrogens is 210 g/mol. The Kier molecular flexibility index (Phi) is 1.60. The minimum absolute atomic E-state index is 0.508. The highest BCUT2D eigenvalue weighted by molar-refractivity contribution is 7.19. The Hall–Kier alpha value is -1.82. The number of aryl methyl sites for hydroxylation is 1. The molecule has 0 atom stereocenters. The van der Waals surface area contributed by atoms with Crippen LogP contribution in [0.2, 0.25) is 0 Å². The number of nitrogens with two attached hydrogens (primary N) is 1. The number of nitrogens with zero attached hydrogens (tertiary/aromatic N) is 4. The maximum Gasteiger partial charge on any atom is 0.214 e. The summed E-state index contributed by atoms with van der Waals surface area (Å²) in [6.45, 7) is 0. The van der Waals surface area contributed by atoms with E-state index < -0.39 is 0 Å². The Labute approximate surface area is 89.8 Å². The zero-order valence-corrected chi connectivity index (χ0v) is 8.90. The predicted molar refractivity (Wildman–Crippen MR) is 59.7 cm³/mol. The molecule has 0 saturated heterocycles. The van der Waals surface area contributed by atoms with E-state index in [0.717, 1.165) is 15.5 Å². The molecule has 5 nitrogen and oxygen atoms in total. The Balaban J connectivity index is 2.15. The molecule has 0 spiro atoms. The van der Waals surface area contributed by atoms with Gasteiger partial charge >= 0.3 is 0 Å². The molecule has 3 aromatic rings. The standard InChI is InChI=1S/C9H9N5S/c1-13-3-2-6(4-13)8-12-14-5-7(10)11-9(14)15-8/h2-5H,10H2,1H3. The van der Waals surface area contributed by atoms with Gasteiger partial charge in [0.1, 0.15) is 10.8 Å². The van der Waals surface area contributed by atoms with Crippen LogP contribution in [0.3, 0.4) is 0 Å². The molecule has 76 valence electrons. The number of nitrogen functional groups attached to an aromatic ring is 1. The van der Waals surface area contributed by atoms with Crippen LogP contribution >= 0.6 is 11.3 Å². The van der Waals surface area contributed by atoms with Gasteiger partial charge in [-0.25, -0.2) is 9.50 Å². The lowest BCUT2D eigenvalue weighted by atomic mass is 10.4. The third-order valence-electron chi connectivity index (χ3n) is 2.14. The number of fused-ring (bicyclic) bond motifs is 1. The Morgan fingerprint density at radius 2 is 2.27 bits per heavy atom. The molecule has 0 aliphatic heterocycles. The van der Waals surface area contributed by atoms with E-state index in [9.17, 15) is 0 Å². The van der Waals surface area contributed by atoms with E-state index in [-0.39, 0.29) is 0 Å². The fraction of sp³-hybridized carbons (Fsp3) is 0.111. The van der Waals surface area contributed by atoms with E-state index in [0.29, 0.717) is 5.82 Å². The maximum atomic E-state index is 5.56. The normalized spacial score (nSPS) is 11.3. The third kappa shape index (κ3) is 1.30. The summed E-state index contributed by atoms with van der Waals surface area (Å²) in [5, 5.41) is 5.35. The Morgan fingerprint density at radius 1 is 1.40 bits per heavy atom. The smallest absolute Gasteiger partial charge is 0.214 e. The van der Waals surface area contributed by atoms with E-state index in [2.05, 4.69) is 10.1 Å². The number of imidazole rings is 1. The van der Waals surface area contributed by atoms with Gasteiger partial charge in [0.05, 0.1) is 6.20 Å². The zero-order valence-electron chi connectivity index (χ0n) is 8.08. The van der Waals surface area contributed by atoms with Crippen LogP contribution < -0.4 is 5.73 Å². The lowest BCUT2D eigenvalue weighted by Gasteiger charge is -1.87. The summed E-state index contributed by atoms with van der Waals surface area (Å²) in [5.41, 5.74) is 6.66.